The number of aromatic nitrogens is 2. The number of nitrogen functional groups attached to an aromatic ring is 1. The van der Waals surface area contributed by atoms with Crippen LogP contribution in [0.4, 0.5) is 5.82 Å². The molecule has 0 unspecified atom stereocenters. The molecule has 2 aliphatic rings. The van der Waals surface area contributed by atoms with E-state index >= 15 is 0 Å². The molecule has 17 heavy (non-hydrogen) atoms. The molecule has 5 nitrogen and oxygen atoms in total. The molecule has 92 valence electrons. The highest BCUT2D eigenvalue weighted by Gasteiger charge is 2.42. The predicted molar refractivity (Wildman–Crippen MR) is 64.4 cm³/mol. The third-order valence-corrected chi connectivity index (χ3v) is 3.85. The summed E-state index contributed by atoms with van der Waals surface area (Å²) in [5.74, 6) is 7.56. The van der Waals surface area contributed by atoms with Crippen molar-refractivity contribution >= 4 is 5.82 Å². The summed E-state index contributed by atoms with van der Waals surface area (Å²) in [7, 11) is 1.74. The second-order valence-electron chi connectivity index (χ2n) is 4.97. The molecule has 2 saturated carbocycles. The van der Waals surface area contributed by atoms with Gasteiger partial charge in [0.1, 0.15) is 11.4 Å². The number of anilines is 1. The summed E-state index contributed by atoms with van der Waals surface area (Å²) < 4.78 is 5.62. The Balaban J connectivity index is 1.99. The lowest BCUT2D eigenvalue weighted by atomic mass is 9.79. The first-order chi connectivity index (χ1) is 8.27. The molecule has 0 spiro atoms. The van der Waals surface area contributed by atoms with Crippen LogP contribution in [0.2, 0.25) is 0 Å². The van der Waals surface area contributed by atoms with Gasteiger partial charge in [-0.1, -0.05) is 0 Å². The molecule has 0 radical (unpaired) electrons. The Hall–Kier alpha value is -1.20. The fourth-order valence-corrected chi connectivity index (χ4v) is 2.35. The molecule has 1 heterocycles. The average molecular weight is 234 g/mol. The fraction of sp³-hybridized carbons (Fsp3) is 0.667. The summed E-state index contributed by atoms with van der Waals surface area (Å²) in [6.45, 7) is 0. The van der Waals surface area contributed by atoms with Crippen molar-refractivity contribution in [3.63, 3.8) is 0 Å². The van der Waals surface area contributed by atoms with Crippen LogP contribution in [0.3, 0.4) is 0 Å². The Bertz CT molecular complexity index is 421. The van der Waals surface area contributed by atoms with Crippen molar-refractivity contribution < 1.29 is 4.74 Å². The standard InChI is InChI=1S/C12H18N4O/c1-17-12(5-2-6-12)11-14-9(8-3-4-8)7-10(15-11)16-13/h7-8H,2-6,13H2,1H3,(H,14,15,16). The lowest BCUT2D eigenvalue weighted by molar-refractivity contribution is -0.0846. The first-order valence-electron chi connectivity index (χ1n) is 6.19. The van der Waals surface area contributed by atoms with E-state index in [4.69, 9.17) is 10.6 Å². The molecule has 1 aromatic rings. The lowest BCUT2D eigenvalue weighted by Crippen LogP contribution is -2.38. The van der Waals surface area contributed by atoms with Crippen molar-refractivity contribution in [2.24, 2.45) is 5.84 Å². The number of rotatable bonds is 4. The monoisotopic (exact) mass is 234 g/mol. The highest BCUT2D eigenvalue weighted by molar-refractivity contribution is 5.38. The molecule has 0 saturated heterocycles. The summed E-state index contributed by atoms with van der Waals surface area (Å²) in [6, 6.07) is 1.95. The third-order valence-electron chi connectivity index (χ3n) is 3.85. The van der Waals surface area contributed by atoms with Gasteiger partial charge in [-0.2, -0.15) is 0 Å². The van der Waals surface area contributed by atoms with E-state index in [0.717, 1.165) is 24.4 Å². The van der Waals surface area contributed by atoms with E-state index in [1.807, 2.05) is 6.07 Å². The first-order valence-corrected chi connectivity index (χ1v) is 6.19. The predicted octanol–water partition coefficient (Wildman–Crippen LogP) is 1.67. The molecule has 3 N–H and O–H groups in total. The van der Waals surface area contributed by atoms with Gasteiger partial charge < -0.3 is 10.2 Å². The lowest BCUT2D eigenvalue weighted by Gasteiger charge is -2.39. The maximum Gasteiger partial charge on any atom is 0.162 e. The molecular weight excluding hydrogens is 216 g/mol. The van der Waals surface area contributed by atoms with Gasteiger partial charge in [-0.3, -0.25) is 0 Å². The van der Waals surface area contributed by atoms with Crippen LogP contribution < -0.4 is 11.3 Å². The Morgan fingerprint density at radius 2 is 2.18 bits per heavy atom. The SMILES string of the molecule is COC1(c2nc(NN)cc(C3CC3)n2)CCC1. The Morgan fingerprint density at radius 1 is 1.41 bits per heavy atom. The van der Waals surface area contributed by atoms with Gasteiger partial charge in [0.2, 0.25) is 0 Å². The zero-order chi connectivity index (χ0) is 11.9. The van der Waals surface area contributed by atoms with Gasteiger partial charge in [-0.15, -0.1) is 0 Å². The van der Waals surface area contributed by atoms with E-state index in [1.165, 1.54) is 19.3 Å². The van der Waals surface area contributed by atoms with Gasteiger partial charge in [0.25, 0.3) is 0 Å². The minimum absolute atomic E-state index is 0.267. The topological polar surface area (TPSA) is 73.1 Å². The molecular formula is C12H18N4O. The van der Waals surface area contributed by atoms with Crippen molar-refractivity contribution in [3.8, 4) is 0 Å². The van der Waals surface area contributed by atoms with Crippen LogP contribution >= 0.6 is 0 Å². The molecule has 5 heteroatoms. The molecule has 0 amide bonds. The minimum atomic E-state index is -0.267. The largest absolute Gasteiger partial charge is 0.370 e. The summed E-state index contributed by atoms with van der Waals surface area (Å²) in [5, 5.41) is 0. The van der Waals surface area contributed by atoms with E-state index in [9.17, 15) is 0 Å². The maximum absolute atomic E-state index is 5.62. The van der Waals surface area contributed by atoms with Crippen LogP contribution in [0.5, 0.6) is 0 Å². The second-order valence-corrected chi connectivity index (χ2v) is 4.97. The zero-order valence-corrected chi connectivity index (χ0v) is 10.1. The molecule has 2 fully saturated rings. The summed E-state index contributed by atoms with van der Waals surface area (Å²) >= 11 is 0. The number of ether oxygens (including phenoxy) is 1. The highest BCUT2D eigenvalue weighted by Crippen LogP contribution is 2.45. The molecule has 1 aromatic heterocycles. The molecule has 0 aromatic carbocycles. The summed E-state index contributed by atoms with van der Waals surface area (Å²) in [6.07, 6.45) is 5.63. The van der Waals surface area contributed by atoms with Gasteiger partial charge in [0.05, 0.1) is 0 Å². The van der Waals surface area contributed by atoms with Crippen LogP contribution in [-0.4, -0.2) is 17.1 Å². The number of hydrogen-bond acceptors (Lipinski definition) is 5. The molecule has 0 bridgehead atoms. The van der Waals surface area contributed by atoms with Gasteiger partial charge in [0.15, 0.2) is 5.82 Å². The summed E-state index contributed by atoms with van der Waals surface area (Å²) in [5.41, 5.74) is 3.46. The van der Waals surface area contributed by atoms with Gasteiger partial charge in [0, 0.05) is 24.8 Å². The van der Waals surface area contributed by atoms with Crippen molar-refractivity contribution in [2.75, 3.05) is 12.5 Å². The number of nitrogens with two attached hydrogens (primary N) is 1. The number of nitrogens with one attached hydrogen (secondary N) is 1. The molecule has 0 aliphatic heterocycles. The molecule has 0 atom stereocenters. The molecule has 3 rings (SSSR count). The number of methoxy groups -OCH3 is 1. The van der Waals surface area contributed by atoms with Crippen molar-refractivity contribution in [2.45, 2.75) is 43.6 Å². The van der Waals surface area contributed by atoms with E-state index in [-0.39, 0.29) is 5.60 Å². The fourth-order valence-electron chi connectivity index (χ4n) is 2.35. The number of nitrogens with zero attached hydrogens (tertiary/aromatic N) is 2. The van der Waals surface area contributed by atoms with Crippen LogP contribution in [0.15, 0.2) is 6.07 Å². The average Bonchev–Trinajstić information content (AvgIpc) is 3.12. The molecule has 2 aliphatic carbocycles. The van der Waals surface area contributed by atoms with E-state index in [0.29, 0.717) is 11.7 Å². The van der Waals surface area contributed by atoms with E-state index < -0.39 is 0 Å². The zero-order valence-electron chi connectivity index (χ0n) is 10.1. The van der Waals surface area contributed by atoms with Gasteiger partial charge >= 0.3 is 0 Å². The van der Waals surface area contributed by atoms with E-state index in [2.05, 4.69) is 15.4 Å². The first kappa shape index (κ1) is 10.9. The van der Waals surface area contributed by atoms with Crippen LogP contribution in [0.25, 0.3) is 0 Å². The number of hydrazine groups is 1. The number of hydrogen-bond donors (Lipinski definition) is 2. The Labute approximate surface area is 101 Å². The maximum atomic E-state index is 5.62. The summed E-state index contributed by atoms with van der Waals surface area (Å²) in [4.78, 5) is 9.13. The quantitative estimate of drug-likeness (QED) is 0.612. The van der Waals surface area contributed by atoms with Crippen LogP contribution in [0, 0.1) is 0 Å². The second kappa shape index (κ2) is 3.92. The highest BCUT2D eigenvalue weighted by atomic mass is 16.5. The van der Waals surface area contributed by atoms with Crippen LogP contribution in [0.1, 0.15) is 49.5 Å². The van der Waals surface area contributed by atoms with Gasteiger partial charge in [-0.25, -0.2) is 15.8 Å². The normalized spacial score (nSPS) is 22.0. The van der Waals surface area contributed by atoms with Crippen molar-refractivity contribution in [1.82, 2.24) is 9.97 Å². The van der Waals surface area contributed by atoms with Crippen LogP contribution in [-0.2, 0) is 10.3 Å². The third kappa shape index (κ3) is 1.79. The van der Waals surface area contributed by atoms with Crippen molar-refractivity contribution in [3.05, 3.63) is 17.6 Å². The minimum Gasteiger partial charge on any atom is -0.370 e. The van der Waals surface area contributed by atoms with E-state index in [1.54, 1.807) is 7.11 Å². The Kier molecular flexibility index (Phi) is 2.52. The smallest absolute Gasteiger partial charge is 0.162 e. The Morgan fingerprint density at radius 3 is 2.65 bits per heavy atom. The van der Waals surface area contributed by atoms with Gasteiger partial charge in [-0.05, 0) is 32.1 Å². The van der Waals surface area contributed by atoms with Crippen molar-refractivity contribution in [1.29, 1.82) is 0 Å².